The number of carbonyl (C=O) groups is 2. The van der Waals surface area contributed by atoms with E-state index in [0.717, 1.165) is 6.42 Å². The number of nitro benzene ring substituents is 1. The third kappa shape index (κ3) is 6.77. The van der Waals surface area contributed by atoms with E-state index in [-0.39, 0.29) is 48.2 Å². The molecule has 2 rings (SSSR count). The number of nitro groups is 1. The van der Waals surface area contributed by atoms with Crippen molar-refractivity contribution in [3.05, 3.63) is 62.5 Å². The lowest BCUT2D eigenvalue weighted by Gasteiger charge is -2.31. The Morgan fingerprint density at radius 1 is 1.15 bits per heavy atom. The van der Waals surface area contributed by atoms with Gasteiger partial charge in [-0.25, -0.2) is 9.59 Å². The quantitative estimate of drug-likeness (QED) is 0.151. The molecule has 0 aliphatic carbocycles. The second-order valence-electron chi connectivity index (χ2n) is 7.07. The zero-order valence-electron chi connectivity index (χ0n) is 18.5. The zero-order chi connectivity index (χ0) is 24.4. The number of non-ortho nitro benzene ring substituents is 1. The highest BCUT2D eigenvalue weighted by molar-refractivity contribution is 6.18. The summed E-state index contributed by atoms with van der Waals surface area (Å²) in [6.07, 6.45) is 0.810. The predicted octanol–water partition coefficient (Wildman–Crippen LogP) is 2.55. The van der Waals surface area contributed by atoms with E-state index in [4.69, 9.17) is 25.8 Å². The fourth-order valence-electron chi connectivity index (χ4n) is 3.41. The summed E-state index contributed by atoms with van der Waals surface area (Å²) in [6, 6.07) is 5.57. The first kappa shape index (κ1) is 26.3. The van der Waals surface area contributed by atoms with E-state index in [0.29, 0.717) is 17.9 Å². The number of carbonyl (C=O) groups excluding carboxylic acids is 2. The number of nitrogens with zero attached hydrogens (tertiary/aromatic N) is 1. The van der Waals surface area contributed by atoms with Gasteiger partial charge in [0.1, 0.15) is 13.2 Å². The molecule has 1 unspecified atom stereocenters. The fraction of sp³-hybridized carbons (Fsp3) is 0.455. The molecular weight excluding hydrogens is 456 g/mol. The molecule has 1 aliphatic heterocycles. The molecule has 0 radical (unpaired) electrons. The lowest BCUT2D eigenvalue weighted by molar-refractivity contribution is -0.384. The van der Waals surface area contributed by atoms with E-state index < -0.39 is 29.4 Å². The molecule has 0 bridgehead atoms. The van der Waals surface area contributed by atoms with Crippen LogP contribution in [0.25, 0.3) is 0 Å². The largest absolute Gasteiger partial charge is 0.461 e. The molecule has 11 heteroatoms. The summed E-state index contributed by atoms with van der Waals surface area (Å²) in [5, 5.41) is 24.1. The van der Waals surface area contributed by atoms with Crippen molar-refractivity contribution in [3.63, 3.8) is 0 Å². The van der Waals surface area contributed by atoms with Crippen LogP contribution in [0, 0.1) is 10.1 Å². The number of esters is 2. The average Bonchev–Trinajstić information content (AvgIpc) is 2.81. The maximum atomic E-state index is 13.1. The van der Waals surface area contributed by atoms with Crippen LogP contribution in [-0.4, -0.2) is 60.9 Å². The van der Waals surface area contributed by atoms with Crippen LogP contribution >= 0.6 is 11.6 Å². The molecule has 0 spiro atoms. The Bertz CT molecular complexity index is 944. The van der Waals surface area contributed by atoms with E-state index in [1.54, 1.807) is 13.0 Å². The minimum Gasteiger partial charge on any atom is -0.461 e. The number of aliphatic hydroxyl groups is 1. The topological polar surface area (TPSA) is 137 Å². The lowest BCUT2D eigenvalue weighted by atomic mass is 9.80. The fourth-order valence-corrected chi connectivity index (χ4v) is 3.49. The number of nitrogens with one attached hydrogen (secondary N) is 1. The molecule has 10 nitrogen and oxygen atoms in total. The van der Waals surface area contributed by atoms with E-state index in [2.05, 4.69) is 5.32 Å². The Balaban J connectivity index is 2.52. The number of hydrogen-bond acceptors (Lipinski definition) is 9. The molecule has 1 heterocycles. The van der Waals surface area contributed by atoms with Crippen LogP contribution in [-0.2, 0) is 23.8 Å². The highest BCUT2D eigenvalue weighted by Gasteiger charge is 2.39. The van der Waals surface area contributed by atoms with Crippen molar-refractivity contribution in [1.29, 1.82) is 0 Å². The van der Waals surface area contributed by atoms with Crippen molar-refractivity contribution < 1.29 is 33.8 Å². The van der Waals surface area contributed by atoms with Crippen LogP contribution in [0.15, 0.2) is 46.8 Å². The Morgan fingerprint density at radius 2 is 1.85 bits per heavy atom. The minimum absolute atomic E-state index is 0.0442. The number of allylic oxidation sites excluding steroid dienone is 1. The molecule has 0 amide bonds. The third-order valence-corrected chi connectivity index (χ3v) is 4.93. The number of alkyl halides is 1. The molecule has 180 valence electrons. The molecule has 0 saturated heterocycles. The number of dihydropyridines is 1. The van der Waals surface area contributed by atoms with Gasteiger partial charge in [-0.2, -0.15) is 0 Å². The standard InChI is InChI=1S/C22H27ClN2O8/c1-3-8-31-10-11-33-22(28)20-17(13-26)24-14(2)18(21(27)32-9-7-23)19(20)15-5-4-6-16(12-15)25(29)30/h4-6,12,19,24,26H,3,7-11,13H2,1-2H3. The van der Waals surface area contributed by atoms with E-state index in [9.17, 15) is 24.8 Å². The van der Waals surface area contributed by atoms with Crippen LogP contribution in [0.2, 0.25) is 0 Å². The van der Waals surface area contributed by atoms with Gasteiger partial charge < -0.3 is 24.6 Å². The average molecular weight is 483 g/mol. The van der Waals surface area contributed by atoms with Gasteiger partial charge in [0, 0.05) is 24.4 Å². The number of aliphatic hydroxyl groups excluding tert-OH is 1. The molecule has 1 aromatic rings. The summed E-state index contributed by atoms with van der Waals surface area (Å²) in [7, 11) is 0. The van der Waals surface area contributed by atoms with Crippen molar-refractivity contribution in [3.8, 4) is 0 Å². The minimum atomic E-state index is -1.07. The number of hydrogen-bond donors (Lipinski definition) is 2. The smallest absolute Gasteiger partial charge is 0.336 e. The highest BCUT2D eigenvalue weighted by atomic mass is 35.5. The van der Waals surface area contributed by atoms with Crippen molar-refractivity contribution >= 4 is 29.2 Å². The van der Waals surface area contributed by atoms with Gasteiger partial charge in [0.05, 0.1) is 46.8 Å². The lowest BCUT2D eigenvalue weighted by Crippen LogP contribution is -2.35. The van der Waals surface area contributed by atoms with Crippen molar-refractivity contribution in [2.24, 2.45) is 0 Å². The number of rotatable bonds is 12. The Morgan fingerprint density at radius 3 is 2.48 bits per heavy atom. The maximum absolute atomic E-state index is 13.1. The molecule has 2 N–H and O–H groups in total. The Labute approximate surface area is 196 Å². The van der Waals surface area contributed by atoms with E-state index >= 15 is 0 Å². The van der Waals surface area contributed by atoms with Gasteiger partial charge in [0.15, 0.2) is 0 Å². The Hall–Kier alpha value is -2.95. The Kier molecular flexibility index (Phi) is 10.3. The van der Waals surface area contributed by atoms with Gasteiger partial charge in [0.25, 0.3) is 5.69 Å². The molecule has 1 aromatic carbocycles. The highest BCUT2D eigenvalue weighted by Crippen LogP contribution is 2.40. The maximum Gasteiger partial charge on any atom is 0.336 e. The summed E-state index contributed by atoms with van der Waals surface area (Å²) in [5.74, 6) is -2.54. The van der Waals surface area contributed by atoms with Crippen LogP contribution < -0.4 is 5.32 Å². The summed E-state index contributed by atoms with van der Waals surface area (Å²) in [6.45, 7) is 3.55. The zero-order valence-corrected chi connectivity index (χ0v) is 19.2. The number of halogens is 1. The molecule has 33 heavy (non-hydrogen) atoms. The van der Waals surface area contributed by atoms with Gasteiger partial charge >= 0.3 is 11.9 Å². The monoisotopic (exact) mass is 482 g/mol. The van der Waals surface area contributed by atoms with Gasteiger partial charge in [-0.05, 0) is 18.9 Å². The van der Waals surface area contributed by atoms with Crippen molar-refractivity contribution in [2.45, 2.75) is 26.2 Å². The number of ether oxygens (including phenoxy) is 3. The van der Waals surface area contributed by atoms with Crippen LogP contribution in [0.5, 0.6) is 0 Å². The van der Waals surface area contributed by atoms with Crippen LogP contribution in [0.1, 0.15) is 31.7 Å². The summed E-state index contributed by atoms with van der Waals surface area (Å²) in [5.41, 5.74) is 0.547. The van der Waals surface area contributed by atoms with Gasteiger partial charge in [-0.15, -0.1) is 11.6 Å². The third-order valence-electron chi connectivity index (χ3n) is 4.78. The summed E-state index contributed by atoms with van der Waals surface area (Å²) < 4.78 is 15.8. The van der Waals surface area contributed by atoms with Gasteiger partial charge in [-0.1, -0.05) is 19.1 Å². The van der Waals surface area contributed by atoms with Gasteiger partial charge in [-0.3, -0.25) is 10.1 Å². The molecule has 0 fully saturated rings. The normalized spacial score (nSPS) is 15.8. The van der Waals surface area contributed by atoms with Gasteiger partial charge in [0.2, 0.25) is 0 Å². The summed E-state index contributed by atoms with van der Waals surface area (Å²) in [4.78, 5) is 36.7. The molecule has 1 atom stereocenters. The second-order valence-corrected chi connectivity index (χ2v) is 7.45. The second kappa shape index (κ2) is 12.9. The van der Waals surface area contributed by atoms with E-state index in [1.165, 1.54) is 18.2 Å². The van der Waals surface area contributed by atoms with Crippen LogP contribution in [0.4, 0.5) is 5.69 Å². The van der Waals surface area contributed by atoms with Crippen LogP contribution in [0.3, 0.4) is 0 Å². The molecular formula is C22H27ClN2O8. The first-order chi connectivity index (χ1) is 15.8. The summed E-state index contributed by atoms with van der Waals surface area (Å²) >= 11 is 5.64. The molecule has 0 saturated carbocycles. The molecule has 1 aliphatic rings. The van der Waals surface area contributed by atoms with Crippen molar-refractivity contribution in [2.75, 3.05) is 38.9 Å². The SMILES string of the molecule is CCCOCCOC(=O)C1=C(CO)NC(C)=C(C(=O)OCCCl)C1c1cccc([N+](=O)[O-])c1. The molecule has 0 aromatic heterocycles. The first-order valence-electron chi connectivity index (χ1n) is 10.4. The van der Waals surface area contributed by atoms with E-state index in [1.807, 2.05) is 6.92 Å². The first-order valence-corrected chi connectivity index (χ1v) is 10.9. The number of benzene rings is 1. The van der Waals surface area contributed by atoms with Crippen molar-refractivity contribution in [1.82, 2.24) is 5.32 Å². The predicted molar refractivity (Wildman–Crippen MR) is 120 cm³/mol.